The third-order valence-electron chi connectivity index (χ3n) is 3.27. The zero-order chi connectivity index (χ0) is 15.6. The van der Waals surface area contributed by atoms with Crippen LogP contribution in [0.3, 0.4) is 0 Å². The van der Waals surface area contributed by atoms with Crippen LogP contribution in [0.25, 0.3) is 0 Å². The smallest absolute Gasteiger partial charge is 0.293 e. The van der Waals surface area contributed by atoms with E-state index in [1.807, 2.05) is 20.8 Å². The van der Waals surface area contributed by atoms with Crippen LogP contribution in [0.15, 0.2) is 40.9 Å². The van der Waals surface area contributed by atoms with Crippen LogP contribution in [-0.4, -0.2) is 4.92 Å². The molecule has 0 amide bonds. The van der Waals surface area contributed by atoms with Crippen molar-refractivity contribution >= 4 is 27.3 Å². The van der Waals surface area contributed by atoms with Gasteiger partial charge in [-0.2, -0.15) is 0 Å². The van der Waals surface area contributed by atoms with Gasteiger partial charge in [0.2, 0.25) is 0 Å². The maximum atomic E-state index is 11.1. The Morgan fingerprint density at radius 1 is 1.14 bits per heavy atom. The number of nitrogens with one attached hydrogen (secondary N) is 1. The molecule has 1 atom stereocenters. The molecule has 0 radical (unpaired) electrons. The van der Waals surface area contributed by atoms with Crippen molar-refractivity contribution in [1.29, 1.82) is 0 Å². The summed E-state index contributed by atoms with van der Waals surface area (Å²) in [6.07, 6.45) is 0. The third-order valence-corrected chi connectivity index (χ3v) is 3.77. The van der Waals surface area contributed by atoms with Crippen LogP contribution in [0.5, 0.6) is 0 Å². The Balaban J connectivity index is 2.31. The molecule has 0 aliphatic rings. The molecule has 2 aromatic carbocycles. The minimum Gasteiger partial charge on any atom is -0.373 e. The Bertz CT molecular complexity index is 666. The Morgan fingerprint density at radius 2 is 1.76 bits per heavy atom. The van der Waals surface area contributed by atoms with E-state index in [-0.39, 0.29) is 16.7 Å². The standard InChI is InChI=1S/C16H17BrN2O2/c1-10-6-11(2)8-13(7-10)12(3)18-15-5-4-14(17)9-16(15)19(20)21/h4-9,12,18H,1-3H3. The zero-order valence-electron chi connectivity index (χ0n) is 12.2. The highest BCUT2D eigenvalue weighted by atomic mass is 79.9. The van der Waals surface area contributed by atoms with Crippen molar-refractivity contribution in [1.82, 2.24) is 0 Å². The van der Waals surface area contributed by atoms with Gasteiger partial charge in [0, 0.05) is 16.6 Å². The second-order valence-electron chi connectivity index (χ2n) is 5.21. The monoisotopic (exact) mass is 348 g/mol. The molecule has 0 bridgehead atoms. The van der Waals surface area contributed by atoms with E-state index in [0.717, 1.165) is 5.56 Å². The van der Waals surface area contributed by atoms with Crippen LogP contribution in [0.1, 0.15) is 29.7 Å². The third kappa shape index (κ3) is 3.82. The van der Waals surface area contributed by atoms with E-state index in [4.69, 9.17) is 0 Å². The second kappa shape index (κ2) is 6.26. The number of halogens is 1. The van der Waals surface area contributed by atoms with Gasteiger partial charge < -0.3 is 5.32 Å². The Labute approximate surface area is 132 Å². The fraction of sp³-hybridized carbons (Fsp3) is 0.250. The van der Waals surface area contributed by atoms with Gasteiger partial charge in [0.25, 0.3) is 5.69 Å². The number of hydrogen-bond acceptors (Lipinski definition) is 3. The molecular formula is C16H17BrN2O2. The molecule has 0 saturated heterocycles. The molecule has 0 fully saturated rings. The van der Waals surface area contributed by atoms with Crippen LogP contribution in [0.2, 0.25) is 0 Å². The highest BCUT2D eigenvalue weighted by molar-refractivity contribution is 9.10. The Morgan fingerprint density at radius 3 is 2.33 bits per heavy atom. The van der Waals surface area contributed by atoms with Gasteiger partial charge in [-0.15, -0.1) is 0 Å². The van der Waals surface area contributed by atoms with Crippen LogP contribution < -0.4 is 5.32 Å². The van der Waals surface area contributed by atoms with Crippen molar-refractivity contribution < 1.29 is 4.92 Å². The van der Waals surface area contributed by atoms with E-state index in [1.54, 1.807) is 12.1 Å². The van der Waals surface area contributed by atoms with Crippen molar-refractivity contribution in [2.75, 3.05) is 5.32 Å². The van der Waals surface area contributed by atoms with Crippen LogP contribution in [-0.2, 0) is 0 Å². The van der Waals surface area contributed by atoms with Gasteiger partial charge in [0.1, 0.15) is 5.69 Å². The molecule has 1 unspecified atom stereocenters. The van der Waals surface area contributed by atoms with Crippen molar-refractivity contribution in [3.8, 4) is 0 Å². The molecule has 2 rings (SSSR count). The van der Waals surface area contributed by atoms with Crippen molar-refractivity contribution in [2.24, 2.45) is 0 Å². The van der Waals surface area contributed by atoms with Gasteiger partial charge in [0.05, 0.1) is 4.92 Å². The van der Waals surface area contributed by atoms with Gasteiger partial charge in [-0.05, 0) is 38.5 Å². The molecule has 5 heteroatoms. The summed E-state index contributed by atoms with van der Waals surface area (Å²) in [7, 11) is 0. The molecule has 0 aromatic heterocycles. The lowest BCUT2D eigenvalue weighted by atomic mass is 10.0. The van der Waals surface area contributed by atoms with E-state index in [2.05, 4.69) is 39.4 Å². The zero-order valence-corrected chi connectivity index (χ0v) is 13.8. The van der Waals surface area contributed by atoms with Crippen LogP contribution in [0.4, 0.5) is 11.4 Å². The molecule has 0 saturated carbocycles. The Kier molecular flexibility index (Phi) is 4.63. The van der Waals surface area contributed by atoms with Crippen LogP contribution in [0, 0.1) is 24.0 Å². The van der Waals surface area contributed by atoms with Crippen molar-refractivity contribution in [2.45, 2.75) is 26.8 Å². The number of anilines is 1. The summed E-state index contributed by atoms with van der Waals surface area (Å²) in [4.78, 5) is 10.8. The molecule has 0 heterocycles. The molecular weight excluding hydrogens is 332 g/mol. The summed E-state index contributed by atoms with van der Waals surface area (Å²) in [6.45, 7) is 6.09. The maximum Gasteiger partial charge on any atom is 0.293 e. The minimum atomic E-state index is -0.374. The average molecular weight is 349 g/mol. The van der Waals surface area contributed by atoms with E-state index in [9.17, 15) is 10.1 Å². The largest absolute Gasteiger partial charge is 0.373 e. The van der Waals surface area contributed by atoms with E-state index in [0.29, 0.717) is 10.2 Å². The van der Waals surface area contributed by atoms with Gasteiger partial charge >= 0.3 is 0 Å². The SMILES string of the molecule is Cc1cc(C)cc(C(C)Nc2ccc(Br)cc2[N+](=O)[O-])c1. The molecule has 2 aromatic rings. The Hall–Kier alpha value is -1.88. The first kappa shape index (κ1) is 15.5. The predicted octanol–water partition coefficient (Wildman–Crippen LogP) is 5.15. The average Bonchev–Trinajstić information content (AvgIpc) is 2.39. The fourth-order valence-corrected chi connectivity index (χ4v) is 2.70. The summed E-state index contributed by atoms with van der Waals surface area (Å²) >= 11 is 3.26. The first-order chi connectivity index (χ1) is 9.86. The molecule has 1 N–H and O–H groups in total. The van der Waals surface area contributed by atoms with Gasteiger partial charge in [-0.1, -0.05) is 45.3 Å². The number of aryl methyl sites for hydroxylation is 2. The summed E-state index contributed by atoms with van der Waals surface area (Å²) < 4.78 is 0.693. The van der Waals surface area contributed by atoms with E-state index < -0.39 is 0 Å². The summed E-state index contributed by atoms with van der Waals surface area (Å²) in [5.74, 6) is 0. The highest BCUT2D eigenvalue weighted by Gasteiger charge is 2.16. The lowest BCUT2D eigenvalue weighted by Crippen LogP contribution is -2.09. The van der Waals surface area contributed by atoms with Gasteiger partial charge in [-0.3, -0.25) is 10.1 Å². The number of nitrogens with zero attached hydrogens (tertiary/aromatic N) is 1. The topological polar surface area (TPSA) is 55.2 Å². The number of rotatable bonds is 4. The number of benzene rings is 2. The molecule has 110 valence electrons. The molecule has 4 nitrogen and oxygen atoms in total. The summed E-state index contributed by atoms with van der Waals surface area (Å²) in [6, 6.07) is 11.3. The molecule has 0 spiro atoms. The van der Waals surface area contributed by atoms with Gasteiger partial charge in [-0.25, -0.2) is 0 Å². The summed E-state index contributed by atoms with van der Waals surface area (Å²) in [5.41, 5.74) is 4.08. The van der Waals surface area contributed by atoms with Crippen molar-refractivity contribution in [3.63, 3.8) is 0 Å². The quantitative estimate of drug-likeness (QED) is 0.614. The normalized spacial score (nSPS) is 12.0. The summed E-state index contributed by atoms with van der Waals surface area (Å²) in [5, 5.41) is 14.4. The van der Waals surface area contributed by atoms with Gasteiger partial charge in [0.15, 0.2) is 0 Å². The number of nitro benzene ring substituents is 1. The first-order valence-electron chi connectivity index (χ1n) is 6.65. The lowest BCUT2D eigenvalue weighted by Gasteiger charge is -2.17. The minimum absolute atomic E-state index is 0.0107. The predicted molar refractivity (Wildman–Crippen MR) is 88.8 cm³/mol. The van der Waals surface area contributed by atoms with Crippen molar-refractivity contribution in [3.05, 3.63) is 67.7 Å². The van der Waals surface area contributed by atoms with Crippen LogP contribution >= 0.6 is 15.9 Å². The molecule has 0 aliphatic heterocycles. The second-order valence-corrected chi connectivity index (χ2v) is 6.12. The maximum absolute atomic E-state index is 11.1. The fourth-order valence-electron chi connectivity index (χ4n) is 2.35. The first-order valence-corrected chi connectivity index (χ1v) is 7.45. The van der Waals surface area contributed by atoms with E-state index in [1.165, 1.54) is 17.2 Å². The lowest BCUT2D eigenvalue weighted by molar-refractivity contribution is -0.384. The highest BCUT2D eigenvalue weighted by Crippen LogP contribution is 2.31. The number of hydrogen-bond donors (Lipinski definition) is 1. The van der Waals surface area contributed by atoms with E-state index >= 15 is 0 Å². The molecule has 0 aliphatic carbocycles. The number of nitro groups is 1. The molecule has 21 heavy (non-hydrogen) atoms.